The van der Waals surface area contributed by atoms with Gasteiger partial charge in [0.2, 0.25) is 0 Å². The molecule has 1 rings (SSSR count). The third-order valence-corrected chi connectivity index (χ3v) is 2.07. The maximum atomic E-state index is 11.0. The van der Waals surface area contributed by atoms with Gasteiger partial charge in [0.1, 0.15) is 11.6 Å². The third kappa shape index (κ3) is 1.43. The largest absolute Gasteiger partial charge is 0.300 e. The summed E-state index contributed by atoms with van der Waals surface area (Å²) in [4.78, 5) is 21.8. The Morgan fingerprint density at radius 2 is 2.10 bits per heavy atom. The van der Waals surface area contributed by atoms with E-state index in [-0.39, 0.29) is 17.5 Å². The van der Waals surface area contributed by atoms with E-state index in [1.165, 1.54) is 0 Å². The lowest BCUT2D eigenvalue weighted by atomic mass is 9.85. The van der Waals surface area contributed by atoms with E-state index in [1.54, 1.807) is 0 Å². The second-order valence-corrected chi connectivity index (χ2v) is 2.81. The van der Waals surface area contributed by atoms with Crippen LogP contribution in [0.3, 0.4) is 0 Å². The fourth-order valence-corrected chi connectivity index (χ4v) is 1.33. The maximum absolute atomic E-state index is 11.0. The van der Waals surface area contributed by atoms with E-state index in [1.807, 2.05) is 6.92 Å². The number of hydrogen-bond donors (Lipinski definition) is 0. The molecular formula is C8H12O2. The van der Waals surface area contributed by atoms with Gasteiger partial charge in [-0.05, 0) is 6.42 Å². The quantitative estimate of drug-likeness (QED) is 0.550. The predicted octanol–water partition coefficient (Wildman–Crippen LogP) is 1.33. The average molecular weight is 140 g/mol. The third-order valence-electron chi connectivity index (χ3n) is 2.07. The first-order valence-electron chi connectivity index (χ1n) is 3.78. The number of ketones is 2. The Morgan fingerprint density at radius 1 is 1.40 bits per heavy atom. The van der Waals surface area contributed by atoms with Gasteiger partial charge in [-0.15, -0.1) is 0 Å². The molecule has 1 aliphatic carbocycles. The Hall–Kier alpha value is -0.660. The van der Waals surface area contributed by atoms with Crippen molar-refractivity contribution in [2.75, 3.05) is 0 Å². The molecule has 56 valence electrons. The molecule has 0 saturated heterocycles. The van der Waals surface area contributed by atoms with Crippen molar-refractivity contribution in [3.63, 3.8) is 0 Å². The van der Waals surface area contributed by atoms with E-state index in [9.17, 15) is 9.59 Å². The highest BCUT2D eigenvalue weighted by molar-refractivity contribution is 5.94. The number of carbonyl (C=O) groups excluding carboxylic acids is 2. The first-order chi connectivity index (χ1) is 4.74. The normalized spacial score (nSPS) is 27.1. The molecule has 0 amide bonds. The van der Waals surface area contributed by atoms with Crippen molar-refractivity contribution in [1.82, 2.24) is 0 Å². The van der Waals surface area contributed by atoms with Gasteiger partial charge in [0.25, 0.3) is 0 Å². The zero-order valence-electron chi connectivity index (χ0n) is 6.22. The van der Waals surface area contributed by atoms with Crippen molar-refractivity contribution in [2.45, 2.75) is 32.6 Å². The van der Waals surface area contributed by atoms with Crippen LogP contribution in [0.4, 0.5) is 0 Å². The van der Waals surface area contributed by atoms with Gasteiger partial charge in [0.15, 0.2) is 0 Å². The molecule has 1 unspecified atom stereocenters. The lowest BCUT2D eigenvalue weighted by Gasteiger charge is -2.17. The Morgan fingerprint density at radius 3 is 2.60 bits per heavy atom. The number of carbonyl (C=O) groups is 2. The Balaban J connectivity index is 2.53. The minimum absolute atomic E-state index is 0.0428. The van der Waals surface area contributed by atoms with Crippen LogP contribution in [-0.2, 0) is 9.59 Å². The number of hydrogen-bond acceptors (Lipinski definition) is 2. The SMILES string of the molecule is CCC1CC(=O)CCC1=O. The minimum Gasteiger partial charge on any atom is -0.300 e. The van der Waals surface area contributed by atoms with E-state index in [4.69, 9.17) is 0 Å². The highest BCUT2D eigenvalue weighted by Crippen LogP contribution is 2.20. The Labute approximate surface area is 60.6 Å². The van der Waals surface area contributed by atoms with Crippen LogP contribution in [0.5, 0.6) is 0 Å². The van der Waals surface area contributed by atoms with Gasteiger partial charge in [-0.25, -0.2) is 0 Å². The number of rotatable bonds is 1. The summed E-state index contributed by atoms with van der Waals surface area (Å²) in [6.45, 7) is 1.96. The molecule has 0 aromatic carbocycles. The van der Waals surface area contributed by atoms with E-state index < -0.39 is 0 Å². The van der Waals surface area contributed by atoms with Gasteiger partial charge < -0.3 is 0 Å². The molecule has 1 fully saturated rings. The van der Waals surface area contributed by atoms with Crippen LogP contribution >= 0.6 is 0 Å². The van der Waals surface area contributed by atoms with Gasteiger partial charge in [-0.1, -0.05) is 6.92 Å². The molecular weight excluding hydrogens is 128 g/mol. The summed E-state index contributed by atoms with van der Waals surface area (Å²) >= 11 is 0. The monoisotopic (exact) mass is 140 g/mol. The van der Waals surface area contributed by atoms with E-state index >= 15 is 0 Å². The molecule has 1 saturated carbocycles. The molecule has 1 atom stereocenters. The second-order valence-electron chi connectivity index (χ2n) is 2.81. The van der Waals surface area contributed by atoms with Crippen molar-refractivity contribution in [2.24, 2.45) is 5.92 Å². The van der Waals surface area contributed by atoms with Crippen LogP contribution in [0.2, 0.25) is 0 Å². The highest BCUT2D eigenvalue weighted by atomic mass is 16.1. The van der Waals surface area contributed by atoms with E-state index in [0.717, 1.165) is 6.42 Å². The summed E-state index contributed by atoms with van der Waals surface area (Å²) in [7, 11) is 0. The molecule has 0 aromatic heterocycles. The molecule has 0 radical (unpaired) electrons. The molecule has 1 aliphatic rings. The first-order valence-corrected chi connectivity index (χ1v) is 3.78. The summed E-state index contributed by atoms with van der Waals surface area (Å²) in [6, 6.07) is 0. The Bertz CT molecular complexity index is 161. The van der Waals surface area contributed by atoms with Gasteiger partial charge in [0, 0.05) is 25.2 Å². The lowest BCUT2D eigenvalue weighted by molar-refractivity contribution is -0.133. The fraction of sp³-hybridized carbons (Fsp3) is 0.750. The fourth-order valence-electron chi connectivity index (χ4n) is 1.33. The summed E-state index contributed by atoms with van der Waals surface area (Å²) in [5, 5.41) is 0. The number of Topliss-reactive ketones (excluding diaryl/α,β-unsaturated/α-hetero) is 2. The van der Waals surface area contributed by atoms with Crippen molar-refractivity contribution < 1.29 is 9.59 Å². The zero-order valence-corrected chi connectivity index (χ0v) is 6.22. The summed E-state index contributed by atoms with van der Waals surface area (Å²) in [6.07, 6.45) is 2.28. The molecule has 0 N–H and O–H groups in total. The molecule has 2 heteroatoms. The van der Waals surface area contributed by atoms with Gasteiger partial charge in [-0.2, -0.15) is 0 Å². The van der Waals surface area contributed by atoms with Crippen LogP contribution in [0.1, 0.15) is 32.6 Å². The van der Waals surface area contributed by atoms with Crippen molar-refractivity contribution in [3.8, 4) is 0 Å². The van der Waals surface area contributed by atoms with Crippen LogP contribution < -0.4 is 0 Å². The van der Waals surface area contributed by atoms with Crippen LogP contribution in [-0.4, -0.2) is 11.6 Å². The summed E-state index contributed by atoms with van der Waals surface area (Å²) < 4.78 is 0. The van der Waals surface area contributed by atoms with E-state index in [0.29, 0.717) is 19.3 Å². The van der Waals surface area contributed by atoms with Crippen LogP contribution in [0.25, 0.3) is 0 Å². The van der Waals surface area contributed by atoms with Crippen LogP contribution in [0, 0.1) is 5.92 Å². The second kappa shape index (κ2) is 2.95. The van der Waals surface area contributed by atoms with Gasteiger partial charge in [0.05, 0.1) is 0 Å². The van der Waals surface area contributed by atoms with Gasteiger partial charge in [-0.3, -0.25) is 9.59 Å². The standard InChI is InChI=1S/C8H12O2/c1-2-6-5-7(9)3-4-8(6)10/h6H,2-5H2,1H3. The minimum atomic E-state index is 0.0428. The lowest BCUT2D eigenvalue weighted by Crippen LogP contribution is -2.23. The van der Waals surface area contributed by atoms with Crippen molar-refractivity contribution in [3.05, 3.63) is 0 Å². The van der Waals surface area contributed by atoms with Crippen molar-refractivity contribution >= 4 is 11.6 Å². The van der Waals surface area contributed by atoms with Crippen LogP contribution in [0.15, 0.2) is 0 Å². The molecule has 10 heavy (non-hydrogen) atoms. The first kappa shape index (κ1) is 7.45. The topological polar surface area (TPSA) is 34.1 Å². The molecule has 0 aromatic rings. The maximum Gasteiger partial charge on any atom is 0.136 e. The average Bonchev–Trinajstić information content (AvgIpc) is 1.94. The molecule has 0 bridgehead atoms. The highest BCUT2D eigenvalue weighted by Gasteiger charge is 2.24. The Kier molecular flexibility index (Phi) is 2.20. The predicted molar refractivity (Wildman–Crippen MR) is 37.6 cm³/mol. The molecule has 2 nitrogen and oxygen atoms in total. The summed E-state index contributed by atoms with van der Waals surface area (Å²) in [5.41, 5.74) is 0. The molecule has 0 aliphatic heterocycles. The molecule has 0 heterocycles. The zero-order chi connectivity index (χ0) is 7.56. The summed E-state index contributed by atoms with van der Waals surface area (Å²) in [5.74, 6) is 0.579. The van der Waals surface area contributed by atoms with Crippen molar-refractivity contribution in [1.29, 1.82) is 0 Å². The molecule has 0 spiro atoms. The van der Waals surface area contributed by atoms with E-state index in [2.05, 4.69) is 0 Å². The van der Waals surface area contributed by atoms with Gasteiger partial charge >= 0.3 is 0 Å². The smallest absolute Gasteiger partial charge is 0.136 e.